The Kier molecular flexibility index (Phi) is 2.61. The second-order valence-electron chi connectivity index (χ2n) is 2.43. The van der Waals surface area contributed by atoms with E-state index in [1.807, 2.05) is 0 Å². The molecule has 0 atom stereocenters. The summed E-state index contributed by atoms with van der Waals surface area (Å²) in [4.78, 5) is 13.0. The summed E-state index contributed by atoms with van der Waals surface area (Å²) >= 11 is 0. The van der Waals surface area contributed by atoms with E-state index < -0.39 is 16.4 Å². The maximum atomic E-state index is 12.8. The van der Waals surface area contributed by atoms with Crippen LogP contribution in [0.4, 0.5) is 15.8 Å². The summed E-state index contributed by atoms with van der Waals surface area (Å²) in [5.74, 6) is -1.17. The lowest BCUT2D eigenvalue weighted by Gasteiger charge is -1.96. The number of nitrogens with two attached hydrogens (primary N) is 2. The zero-order valence-corrected chi connectivity index (χ0v) is 6.98. The van der Waals surface area contributed by atoms with E-state index in [4.69, 9.17) is 11.5 Å². The van der Waals surface area contributed by atoms with E-state index in [0.29, 0.717) is 0 Å². The molecule has 0 radical (unpaired) electrons. The number of hydrogen-bond acceptors (Lipinski definition) is 3. The molecular formula is C7H7FN4O2. The van der Waals surface area contributed by atoms with Crippen molar-refractivity contribution in [3.05, 3.63) is 34.1 Å². The first-order chi connectivity index (χ1) is 6.50. The summed E-state index contributed by atoms with van der Waals surface area (Å²) in [5.41, 5.74) is 9.58. The first-order valence-electron chi connectivity index (χ1n) is 3.54. The molecule has 0 spiro atoms. The van der Waals surface area contributed by atoms with Gasteiger partial charge in [-0.25, -0.2) is 4.99 Å². The predicted octanol–water partition coefficient (Wildman–Crippen LogP) is 0.639. The number of guanidine groups is 1. The third-order valence-electron chi connectivity index (χ3n) is 1.38. The summed E-state index contributed by atoms with van der Waals surface area (Å²) in [6.07, 6.45) is 0. The van der Waals surface area contributed by atoms with Gasteiger partial charge in [-0.1, -0.05) is 0 Å². The molecular weight excluding hydrogens is 191 g/mol. The molecule has 0 saturated heterocycles. The van der Waals surface area contributed by atoms with E-state index >= 15 is 0 Å². The first kappa shape index (κ1) is 9.90. The molecule has 0 amide bonds. The van der Waals surface area contributed by atoms with Crippen LogP contribution in [-0.2, 0) is 0 Å². The standard InChI is InChI=1S/C7H7FN4O2/c8-5-2-1-4(11-7(9)10)3-6(5)12(13)14/h1-3H,(H4,9,10,11). The highest BCUT2D eigenvalue weighted by Crippen LogP contribution is 2.23. The smallest absolute Gasteiger partial charge is 0.306 e. The summed E-state index contributed by atoms with van der Waals surface area (Å²) in [5, 5.41) is 10.3. The number of nitro groups is 1. The van der Waals surface area contributed by atoms with Gasteiger partial charge < -0.3 is 11.5 Å². The fourth-order valence-corrected chi connectivity index (χ4v) is 0.860. The first-order valence-corrected chi connectivity index (χ1v) is 3.54. The quantitative estimate of drug-likeness (QED) is 0.314. The van der Waals surface area contributed by atoms with Crippen molar-refractivity contribution in [1.29, 1.82) is 0 Å². The largest absolute Gasteiger partial charge is 0.370 e. The van der Waals surface area contributed by atoms with Crippen molar-refractivity contribution < 1.29 is 9.31 Å². The number of nitrogens with zero attached hydrogens (tertiary/aromatic N) is 2. The number of rotatable bonds is 2. The summed E-state index contributed by atoms with van der Waals surface area (Å²) in [6, 6.07) is 3.12. The van der Waals surface area contributed by atoms with Gasteiger partial charge in [0.2, 0.25) is 5.82 Å². The van der Waals surface area contributed by atoms with Crippen LogP contribution in [0.2, 0.25) is 0 Å². The van der Waals surface area contributed by atoms with Gasteiger partial charge in [0.1, 0.15) is 0 Å². The Balaban J connectivity index is 3.20. The summed E-state index contributed by atoms with van der Waals surface area (Å²) in [7, 11) is 0. The van der Waals surface area contributed by atoms with Gasteiger partial charge in [0.15, 0.2) is 5.96 Å². The van der Waals surface area contributed by atoms with E-state index in [1.54, 1.807) is 0 Å². The minimum absolute atomic E-state index is 0.137. The Morgan fingerprint density at radius 3 is 2.64 bits per heavy atom. The van der Waals surface area contributed by atoms with Gasteiger partial charge in [-0.2, -0.15) is 4.39 Å². The maximum absolute atomic E-state index is 12.8. The second-order valence-corrected chi connectivity index (χ2v) is 2.43. The van der Waals surface area contributed by atoms with E-state index in [9.17, 15) is 14.5 Å². The van der Waals surface area contributed by atoms with Gasteiger partial charge in [-0.3, -0.25) is 10.1 Å². The molecule has 0 aliphatic heterocycles. The van der Waals surface area contributed by atoms with Crippen LogP contribution >= 0.6 is 0 Å². The van der Waals surface area contributed by atoms with Gasteiger partial charge >= 0.3 is 5.69 Å². The van der Waals surface area contributed by atoms with E-state index in [0.717, 1.165) is 12.1 Å². The van der Waals surface area contributed by atoms with Crippen LogP contribution in [0.3, 0.4) is 0 Å². The minimum atomic E-state index is -0.926. The molecule has 0 saturated carbocycles. The predicted molar refractivity (Wildman–Crippen MR) is 48.5 cm³/mol. The van der Waals surface area contributed by atoms with E-state index in [2.05, 4.69) is 4.99 Å². The molecule has 1 aromatic rings. The molecule has 14 heavy (non-hydrogen) atoms. The SMILES string of the molecule is NC(N)=Nc1ccc(F)c([N+](=O)[O-])c1. The number of aliphatic imine (C=N–C) groups is 1. The topological polar surface area (TPSA) is 108 Å². The van der Waals surface area contributed by atoms with Crippen LogP contribution in [0, 0.1) is 15.9 Å². The molecule has 0 bridgehead atoms. The summed E-state index contributed by atoms with van der Waals surface area (Å²) < 4.78 is 12.8. The van der Waals surface area contributed by atoms with Crippen LogP contribution in [0.1, 0.15) is 0 Å². The lowest BCUT2D eigenvalue weighted by molar-refractivity contribution is -0.387. The number of nitro benzene ring substituents is 1. The lowest BCUT2D eigenvalue weighted by Crippen LogP contribution is -2.21. The van der Waals surface area contributed by atoms with Crippen molar-refractivity contribution >= 4 is 17.3 Å². The molecule has 0 aliphatic rings. The van der Waals surface area contributed by atoms with Crippen LogP contribution < -0.4 is 11.5 Å². The fraction of sp³-hybridized carbons (Fsp3) is 0. The summed E-state index contributed by atoms with van der Waals surface area (Å²) in [6.45, 7) is 0. The van der Waals surface area contributed by atoms with Crippen molar-refractivity contribution in [3.8, 4) is 0 Å². The Hall–Kier alpha value is -2.18. The average molecular weight is 198 g/mol. The zero-order valence-electron chi connectivity index (χ0n) is 6.98. The second kappa shape index (κ2) is 3.69. The lowest BCUT2D eigenvalue weighted by atomic mass is 10.3. The van der Waals surface area contributed by atoms with Crippen LogP contribution in [0.25, 0.3) is 0 Å². The molecule has 74 valence electrons. The molecule has 7 heteroatoms. The number of benzene rings is 1. The molecule has 6 nitrogen and oxygen atoms in total. The molecule has 1 rings (SSSR count). The molecule has 4 N–H and O–H groups in total. The molecule has 0 heterocycles. The van der Waals surface area contributed by atoms with Gasteiger partial charge in [-0.05, 0) is 12.1 Å². The van der Waals surface area contributed by atoms with E-state index in [1.165, 1.54) is 6.07 Å². The Morgan fingerprint density at radius 1 is 1.50 bits per heavy atom. The highest BCUT2D eigenvalue weighted by atomic mass is 19.1. The monoisotopic (exact) mass is 198 g/mol. The molecule has 1 aromatic carbocycles. The molecule has 0 aromatic heterocycles. The normalized spacial score (nSPS) is 9.50. The minimum Gasteiger partial charge on any atom is -0.370 e. The van der Waals surface area contributed by atoms with Crippen LogP contribution in [-0.4, -0.2) is 10.9 Å². The highest BCUT2D eigenvalue weighted by molar-refractivity contribution is 5.79. The Morgan fingerprint density at radius 2 is 2.14 bits per heavy atom. The zero-order chi connectivity index (χ0) is 10.7. The van der Waals surface area contributed by atoms with Crippen molar-refractivity contribution in [2.24, 2.45) is 16.5 Å². The van der Waals surface area contributed by atoms with Gasteiger partial charge in [0.25, 0.3) is 0 Å². The third kappa shape index (κ3) is 2.16. The molecule has 0 aliphatic carbocycles. The Bertz CT molecular complexity index is 401. The van der Waals surface area contributed by atoms with Gasteiger partial charge in [0, 0.05) is 6.07 Å². The van der Waals surface area contributed by atoms with E-state index in [-0.39, 0.29) is 11.6 Å². The van der Waals surface area contributed by atoms with Crippen molar-refractivity contribution in [3.63, 3.8) is 0 Å². The maximum Gasteiger partial charge on any atom is 0.306 e. The number of hydrogen-bond donors (Lipinski definition) is 2. The molecule has 0 unspecified atom stereocenters. The van der Waals surface area contributed by atoms with Gasteiger partial charge in [-0.15, -0.1) is 0 Å². The van der Waals surface area contributed by atoms with Crippen LogP contribution in [0.5, 0.6) is 0 Å². The Labute approximate surface area is 78.2 Å². The van der Waals surface area contributed by atoms with Crippen molar-refractivity contribution in [1.82, 2.24) is 0 Å². The van der Waals surface area contributed by atoms with Gasteiger partial charge in [0.05, 0.1) is 10.6 Å². The highest BCUT2D eigenvalue weighted by Gasteiger charge is 2.13. The number of halogens is 1. The average Bonchev–Trinajstić information content (AvgIpc) is 2.07. The van der Waals surface area contributed by atoms with Crippen LogP contribution in [0.15, 0.2) is 23.2 Å². The third-order valence-corrected chi connectivity index (χ3v) is 1.38. The van der Waals surface area contributed by atoms with Crippen molar-refractivity contribution in [2.75, 3.05) is 0 Å². The van der Waals surface area contributed by atoms with Crippen molar-refractivity contribution in [2.45, 2.75) is 0 Å². The fourth-order valence-electron chi connectivity index (χ4n) is 0.860. The molecule has 0 fully saturated rings.